The van der Waals surface area contributed by atoms with Crippen LogP contribution in [0.4, 0.5) is 16.2 Å². The summed E-state index contributed by atoms with van der Waals surface area (Å²) < 4.78 is 1.06. The SMILES string of the molecule is Nc1ccc(NC(=O)NCCc2ccccc2Br)cc1. The molecule has 0 aliphatic carbocycles. The number of hydrogen-bond acceptors (Lipinski definition) is 2. The smallest absolute Gasteiger partial charge is 0.319 e. The Hall–Kier alpha value is -2.01. The van der Waals surface area contributed by atoms with Gasteiger partial charge in [0.2, 0.25) is 0 Å². The standard InChI is InChI=1S/C15H16BrN3O/c16-14-4-2-1-3-11(14)9-10-18-15(20)19-13-7-5-12(17)6-8-13/h1-8H,9-10,17H2,(H2,18,19,20). The Morgan fingerprint density at radius 2 is 1.80 bits per heavy atom. The Kier molecular flexibility index (Phi) is 5.01. The van der Waals surface area contributed by atoms with Crippen LogP contribution in [0.25, 0.3) is 0 Å². The van der Waals surface area contributed by atoms with Gasteiger partial charge in [0.25, 0.3) is 0 Å². The normalized spacial score (nSPS) is 10.1. The Balaban J connectivity index is 1.78. The summed E-state index contributed by atoms with van der Waals surface area (Å²) >= 11 is 3.48. The molecule has 5 heteroatoms. The summed E-state index contributed by atoms with van der Waals surface area (Å²) in [4.78, 5) is 11.7. The first-order chi connectivity index (χ1) is 9.65. The first-order valence-corrected chi connectivity index (χ1v) is 7.08. The number of halogens is 1. The van der Waals surface area contributed by atoms with E-state index in [4.69, 9.17) is 5.73 Å². The molecule has 0 aromatic heterocycles. The van der Waals surface area contributed by atoms with Crippen molar-refractivity contribution in [3.63, 3.8) is 0 Å². The Bertz CT molecular complexity index is 584. The molecule has 0 spiro atoms. The largest absolute Gasteiger partial charge is 0.399 e. The van der Waals surface area contributed by atoms with Gasteiger partial charge in [-0.15, -0.1) is 0 Å². The summed E-state index contributed by atoms with van der Waals surface area (Å²) in [5, 5.41) is 5.57. The van der Waals surface area contributed by atoms with Crippen molar-refractivity contribution in [1.29, 1.82) is 0 Å². The number of nitrogen functional groups attached to an aromatic ring is 1. The summed E-state index contributed by atoms with van der Waals surface area (Å²) in [6.07, 6.45) is 0.774. The molecule has 20 heavy (non-hydrogen) atoms. The van der Waals surface area contributed by atoms with Gasteiger partial charge in [0.05, 0.1) is 0 Å². The number of hydrogen-bond donors (Lipinski definition) is 3. The van der Waals surface area contributed by atoms with E-state index in [1.165, 1.54) is 5.56 Å². The summed E-state index contributed by atoms with van der Waals surface area (Å²) in [5.41, 5.74) is 8.14. The third kappa shape index (κ3) is 4.28. The van der Waals surface area contributed by atoms with Gasteiger partial charge in [-0.25, -0.2) is 4.79 Å². The minimum absolute atomic E-state index is 0.221. The van der Waals surface area contributed by atoms with E-state index in [-0.39, 0.29) is 6.03 Å². The van der Waals surface area contributed by atoms with Crippen molar-refractivity contribution in [1.82, 2.24) is 5.32 Å². The molecule has 2 aromatic carbocycles. The third-order valence-electron chi connectivity index (χ3n) is 2.81. The van der Waals surface area contributed by atoms with Crippen molar-refractivity contribution < 1.29 is 4.79 Å². The first-order valence-electron chi connectivity index (χ1n) is 6.29. The summed E-state index contributed by atoms with van der Waals surface area (Å²) in [7, 11) is 0. The topological polar surface area (TPSA) is 67.1 Å². The number of anilines is 2. The number of carbonyl (C=O) groups is 1. The van der Waals surface area contributed by atoms with Gasteiger partial charge in [0.15, 0.2) is 0 Å². The van der Waals surface area contributed by atoms with Crippen LogP contribution in [0.1, 0.15) is 5.56 Å². The second-order valence-corrected chi connectivity index (χ2v) is 5.20. The number of amides is 2. The van der Waals surface area contributed by atoms with Crippen molar-refractivity contribution in [3.8, 4) is 0 Å². The molecule has 0 saturated heterocycles. The fraction of sp³-hybridized carbons (Fsp3) is 0.133. The maximum absolute atomic E-state index is 11.7. The van der Waals surface area contributed by atoms with Gasteiger partial charge < -0.3 is 16.4 Å². The van der Waals surface area contributed by atoms with Crippen molar-refractivity contribution in [2.75, 3.05) is 17.6 Å². The lowest BCUT2D eigenvalue weighted by Gasteiger charge is -2.08. The zero-order valence-electron chi connectivity index (χ0n) is 10.9. The lowest BCUT2D eigenvalue weighted by atomic mass is 10.1. The van der Waals surface area contributed by atoms with Gasteiger partial charge in [-0.3, -0.25) is 0 Å². The Labute approximate surface area is 126 Å². The molecule has 4 nitrogen and oxygen atoms in total. The van der Waals surface area contributed by atoms with Crippen LogP contribution in [-0.4, -0.2) is 12.6 Å². The number of nitrogens with two attached hydrogens (primary N) is 1. The van der Waals surface area contributed by atoms with E-state index in [9.17, 15) is 4.79 Å². The number of rotatable bonds is 4. The molecule has 0 bridgehead atoms. The van der Waals surface area contributed by atoms with Gasteiger partial charge >= 0.3 is 6.03 Å². The molecule has 0 fully saturated rings. The van der Waals surface area contributed by atoms with E-state index in [0.29, 0.717) is 12.2 Å². The summed E-state index contributed by atoms with van der Waals surface area (Å²) in [5.74, 6) is 0. The quantitative estimate of drug-likeness (QED) is 0.750. The second kappa shape index (κ2) is 6.96. The van der Waals surface area contributed by atoms with E-state index in [1.54, 1.807) is 24.3 Å². The lowest BCUT2D eigenvalue weighted by molar-refractivity contribution is 0.252. The van der Waals surface area contributed by atoms with Gasteiger partial charge in [0, 0.05) is 22.4 Å². The highest BCUT2D eigenvalue weighted by Gasteiger charge is 2.02. The zero-order chi connectivity index (χ0) is 14.4. The minimum atomic E-state index is -0.221. The second-order valence-electron chi connectivity index (χ2n) is 4.34. The van der Waals surface area contributed by atoms with Crippen LogP contribution in [0.15, 0.2) is 53.0 Å². The summed E-state index contributed by atoms with van der Waals surface area (Å²) in [6.45, 7) is 0.573. The Morgan fingerprint density at radius 1 is 1.10 bits per heavy atom. The minimum Gasteiger partial charge on any atom is -0.399 e. The van der Waals surface area contributed by atoms with Crippen molar-refractivity contribution in [3.05, 3.63) is 58.6 Å². The monoisotopic (exact) mass is 333 g/mol. The van der Waals surface area contributed by atoms with E-state index < -0.39 is 0 Å². The van der Waals surface area contributed by atoms with Crippen LogP contribution in [0, 0.1) is 0 Å². The van der Waals surface area contributed by atoms with Crippen LogP contribution in [0.5, 0.6) is 0 Å². The molecular formula is C15H16BrN3O. The fourth-order valence-corrected chi connectivity index (χ4v) is 2.24. The van der Waals surface area contributed by atoms with E-state index >= 15 is 0 Å². The van der Waals surface area contributed by atoms with Crippen LogP contribution in [0.3, 0.4) is 0 Å². The molecule has 0 atom stereocenters. The summed E-state index contributed by atoms with van der Waals surface area (Å²) in [6, 6.07) is 14.8. The molecule has 2 aromatic rings. The van der Waals surface area contributed by atoms with E-state index in [0.717, 1.165) is 16.6 Å². The van der Waals surface area contributed by atoms with Crippen LogP contribution >= 0.6 is 15.9 Å². The lowest BCUT2D eigenvalue weighted by Crippen LogP contribution is -2.30. The molecule has 0 unspecified atom stereocenters. The molecule has 0 radical (unpaired) electrons. The van der Waals surface area contributed by atoms with Gasteiger partial charge in [0.1, 0.15) is 0 Å². The average Bonchev–Trinajstić information content (AvgIpc) is 2.43. The average molecular weight is 334 g/mol. The zero-order valence-corrected chi connectivity index (χ0v) is 12.5. The van der Waals surface area contributed by atoms with Crippen LogP contribution in [-0.2, 0) is 6.42 Å². The van der Waals surface area contributed by atoms with Crippen molar-refractivity contribution >= 4 is 33.3 Å². The molecule has 2 amide bonds. The van der Waals surface area contributed by atoms with Crippen molar-refractivity contribution in [2.24, 2.45) is 0 Å². The van der Waals surface area contributed by atoms with E-state index in [2.05, 4.69) is 26.6 Å². The van der Waals surface area contributed by atoms with Crippen LogP contribution < -0.4 is 16.4 Å². The molecule has 0 aliphatic rings. The third-order valence-corrected chi connectivity index (χ3v) is 3.58. The molecular weight excluding hydrogens is 318 g/mol. The van der Waals surface area contributed by atoms with Gasteiger partial charge in [-0.2, -0.15) is 0 Å². The molecule has 0 heterocycles. The molecule has 104 valence electrons. The fourth-order valence-electron chi connectivity index (χ4n) is 1.75. The molecule has 2 rings (SSSR count). The molecule has 0 aliphatic heterocycles. The van der Waals surface area contributed by atoms with E-state index in [1.807, 2.05) is 24.3 Å². The highest BCUT2D eigenvalue weighted by molar-refractivity contribution is 9.10. The Morgan fingerprint density at radius 3 is 2.50 bits per heavy atom. The predicted octanol–water partition coefficient (Wildman–Crippen LogP) is 3.40. The molecule has 0 saturated carbocycles. The maximum Gasteiger partial charge on any atom is 0.319 e. The first kappa shape index (κ1) is 14.4. The highest BCUT2D eigenvalue weighted by atomic mass is 79.9. The maximum atomic E-state index is 11.7. The van der Waals surface area contributed by atoms with Crippen molar-refractivity contribution in [2.45, 2.75) is 6.42 Å². The van der Waals surface area contributed by atoms with Crippen LogP contribution in [0.2, 0.25) is 0 Å². The number of benzene rings is 2. The van der Waals surface area contributed by atoms with Gasteiger partial charge in [-0.1, -0.05) is 34.1 Å². The molecule has 4 N–H and O–H groups in total. The predicted molar refractivity (Wildman–Crippen MR) is 85.7 cm³/mol. The highest BCUT2D eigenvalue weighted by Crippen LogP contribution is 2.15. The number of urea groups is 1. The van der Waals surface area contributed by atoms with Gasteiger partial charge in [-0.05, 0) is 42.3 Å². The number of carbonyl (C=O) groups excluding carboxylic acids is 1. The number of nitrogens with one attached hydrogen (secondary N) is 2.